The summed E-state index contributed by atoms with van der Waals surface area (Å²) in [6, 6.07) is 0.152. The van der Waals surface area contributed by atoms with Gasteiger partial charge < -0.3 is 20.3 Å². The molecule has 0 radical (unpaired) electrons. The van der Waals surface area contributed by atoms with Gasteiger partial charge in [0.25, 0.3) is 0 Å². The first kappa shape index (κ1) is 14.8. The molecule has 5 heteroatoms. The van der Waals surface area contributed by atoms with Crippen molar-refractivity contribution in [2.75, 3.05) is 40.9 Å². The van der Waals surface area contributed by atoms with E-state index < -0.39 is 0 Å². The highest BCUT2D eigenvalue weighted by Crippen LogP contribution is 2.33. The Bertz CT molecular complexity index is 314. The molecule has 1 amide bonds. The summed E-state index contributed by atoms with van der Waals surface area (Å²) in [5.74, 6) is 0.0793. The van der Waals surface area contributed by atoms with Crippen LogP contribution in [0.25, 0.3) is 0 Å². The number of carbonyl (C=O) groups excluding carboxylic acids is 1. The van der Waals surface area contributed by atoms with E-state index in [1.165, 1.54) is 25.7 Å². The maximum absolute atomic E-state index is 12.3. The molecule has 2 rings (SSSR count). The lowest BCUT2D eigenvalue weighted by Gasteiger charge is -2.36. The molecule has 0 bridgehead atoms. The molecule has 1 heterocycles. The Balaban J connectivity index is 1.89. The second-order valence-electron chi connectivity index (χ2n) is 6.08. The van der Waals surface area contributed by atoms with Crippen LogP contribution in [0.4, 0.5) is 0 Å². The van der Waals surface area contributed by atoms with Crippen LogP contribution in [0.3, 0.4) is 0 Å². The molecule has 1 aliphatic carbocycles. The zero-order valence-electron chi connectivity index (χ0n) is 12.4. The molecule has 0 aromatic heterocycles. The normalized spacial score (nSPS) is 29.9. The smallest absolute Gasteiger partial charge is 0.227 e. The summed E-state index contributed by atoms with van der Waals surface area (Å²) in [5, 5.41) is 6.31. The summed E-state index contributed by atoms with van der Waals surface area (Å²) < 4.78 is 5.39. The Morgan fingerprint density at radius 2 is 2.00 bits per heavy atom. The van der Waals surface area contributed by atoms with E-state index in [0.717, 1.165) is 6.54 Å². The first-order chi connectivity index (χ1) is 9.09. The van der Waals surface area contributed by atoms with E-state index in [4.69, 9.17) is 4.74 Å². The van der Waals surface area contributed by atoms with Gasteiger partial charge in [0.05, 0.1) is 19.1 Å². The predicted octanol–water partition coefficient (Wildman–Crippen LogP) is 0.211. The molecule has 2 unspecified atom stereocenters. The van der Waals surface area contributed by atoms with Crippen LogP contribution in [0, 0.1) is 5.92 Å². The number of likely N-dealkylation sites (N-methyl/N-ethyl adjacent to an activating group) is 2. The maximum atomic E-state index is 12.3. The molecule has 0 aromatic rings. The standard InChI is InChI=1S/C14H27N3O2/c1-15-12-9-19-8-11(12)13(18)16-10-14(17(2)3)6-4-5-7-14/h11-12,15H,4-10H2,1-3H3,(H,16,18). The van der Waals surface area contributed by atoms with E-state index in [1.54, 1.807) is 0 Å². The molecule has 1 aliphatic heterocycles. The van der Waals surface area contributed by atoms with Crippen molar-refractivity contribution in [1.82, 2.24) is 15.5 Å². The molecule has 19 heavy (non-hydrogen) atoms. The number of carbonyl (C=O) groups is 1. The van der Waals surface area contributed by atoms with Gasteiger partial charge in [0.15, 0.2) is 0 Å². The van der Waals surface area contributed by atoms with Crippen LogP contribution in [-0.4, -0.2) is 63.3 Å². The monoisotopic (exact) mass is 269 g/mol. The summed E-state index contributed by atoms with van der Waals surface area (Å²) in [4.78, 5) is 14.6. The summed E-state index contributed by atoms with van der Waals surface area (Å²) >= 11 is 0. The lowest BCUT2D eigenvalue weighted by Crippen LogP contribution is -2.53. The third-order valence-electron chi connectivity index (χ3n) is 4.86. The predicted molar refractivity (Wildman–Crippen MR) is 75.1 cm³/mol. The summed E-state index contributed by atoms with van der Waals surface area (Å²) in [7, 11) is 6.12. The maximum Gasteiger partial charge on any atom is 0.227 e. The molecule has 1 saturated heterocycles. The van der Waals surface area contributed by atoms with Crippen molar-refractivity contribution < 1.29 is 9.53 Å². The molecule has 5 nitrogen and oxygen atoms in total. The van der Waals surface area contributed by atoms with Gasteiger partial charge in [-0.15, -0.1) is 0 Å². The number of nitrogens with zero attached hydrogens (tertiary/aromatic N) is 1. The van der Waals surface area contributed by atoms with E-state index in [2.05, 4.69) is 29.6 Å². The van der Waals surface area contributed by atoms with Crippen LogP contribution in [0.2, 0.25) is 0 Å². The Kier molecular flexibility index (Phi) is 4.81. The topological polar surface area (TPSA) is 53.6 Å². The van der Waals surface area contributed by atoms with Crippen LogP contribution in [0.15, 0.2) is 0 Å². The number of ether oxygens (including phenoxy) is 1. The van der Waals surface area contributed by atoms with Gasteiger partial charge in [-0.05, 0) is 34.0 Å². The van der Waals surface area contributed by atoms with Crippen LogP contribution < -0.4 is 10.6 Å². The van der Waals surface area contributed by atoms with Crippen molar-refractivity contribution in [3.63, 3.8) is 0 Å². The second-order valence-corrected chi connectivity index (χ2v) is 6.08. The minimum Gasteiger partial charge on any atom is -0.379 e. The van der Waals surface area contributed by atoms with Crippen molar-refractivity contribution in [2.45, 2.75) is 37.3 Å². The zero-order chi connectivity index (χ0) is 13.9. The van der Waals surface area contributed by atoms with Crippen molar-refractivity contribution >= 4 is 5.91 Å². The molecule has 2 aliphatic rings. The molecule has 2 atom stereocenters. The highest BCUT2D eigenvalue weighted by atomic mass is 16.5. The third-order valence-corrected chi connectivity index (χ3v) is 4.86. The lowest BCUT2D eigenvalue weighted by atomic mass is 9.95. The third kappa shape index (κ3) is 3.09. The number of hydrogen-bond donors (Lipinski definition) is 2. The molecular weight excluding hydrogens is 242 g/mol. The average molecular weight is 269 g/mol. The summed E-state index contributed by atoms with van der Waals surface area (Å²) in [6.45, 7) is 1.92. The Morgan fingerprint density at radius 1 is 1.32 bits per heavy atom. The van der Waals surface area contributed by atoms with Gasteiger partial charge in [-0.25, -0.2) is 0 Å². The Hall–Kier alpha value is -0.650. The molecule has 2 fully saturated rings. The molecule has 0 spiro atoms. The molecule has 0 aromatic carbocycles. The highest BCUT2D eigenvalue weighted by molar-refractivity contribution is 5.80. The molecular formula is C14H27N3O2. The van der Waals surface area contributed by atoms with Gasteiger partial charge in [-0.2, -0.15) is 0 Å². The largest absolute Gasteiger partial charge is 0.379 e. The zero-order valence-corrected chi connectivity index (χ0v) is 12.4. The van der Waals surface area contributed by atoms with Gasteiger partial charge in [-0.1, -0.05) is 12.8 Å². The summed E-state index contributed by atoms with van der Waals surface area (Å²) in [6.07, 6.45) is 4.88. The number of amides is 1. The fraction of sp³-hybridized carbons (Fsp3) is 0.929. The minimum atomic E-state index is -0.0504. The molecule has 2 N–H and O–H groups in total. The van der Waals surface area contributed by atoms with Gasteiger partial charge in [0.2, 0.25) is 5.91 Å². The van der Waals surface area contributed by atoms with Crippen LogP contribution in [-0.2, 0) is 9.53 Å². The number of hydrogen-bond acceptors (Lipinski definition) is 4. The molecule has 1 saturated carbocycles. The molecule has 110 valence electrons. The Morgan fingerprint density at radius 3 is 2.58 bits per heavy atom. The first-order valence-corrected chi connectivity index (χ1v) is 7.29. The van der Waals surface area contributed by atoms with Gasteiger partial charge in [0, 0.05) is 18.1 Å². The van der Waals surface area contributed by atoms with Crippen molar-refractivity contribution in [3.8, 4) is 0 Å². The SMILES string of the molecule is CNC1COCC1C(=O)NCC1(N(C)C)CCCC1. The van der Waals surface area contributed by atoms with Crippen LogP contribution in [0.5, 0.6) is 0 Å². The van der Waals surface area contributed by atoms with Crippen molar-refractivity contribution in [1.29, 1.82) is 0 Å². The fourth-order valence-corrected chi connectivity index (χ4v) is 3.30. The first-order valence-electron chi connectivity index (χ1n) is 7.29. The quantitative estimate of drug-likeness (QED) is 0.749. The van der Waals surface area contributed by atoms with Gasteiger partial charge in [-0.3, -0.25) is 4.79 Å². The summed E-state index contributed by atoms with van der Waals surface area (Å²) in [5.41, 5.74) is 0.157. The Labute approximate surface area is 116 Å². The van der Waals surface area contributed by atoms with E-state index >= 15 is 0 Å². The highest BCUT2D eigenvalue weighted by Gasteiger charge is 2.38. The lowest BCUT2D eigenvalue weighted by molar-refractivity contribution is -0.126. The second kappa shape index (κ2) is 6.20. The van der Waals surface area contributed by atoms with E-state index in [-0.39, 0.29) is 23.4 Å². The number of rotatable bonds is 5. The van der Waals surface area contributed by atoms with Crippen LogP contribution in [0.1, 0.15) is 25.7 Å². The van der Waals surface area contributed by atoms with E-state index in [0.29, 0.717) is 13.2 Å². The fourth-order valence-electron chi connectivity index (χ4n) is 3.30. The minimum absolute atomic E-state index is 0.0504. The van der Waals surface area contributed by atoms with E-state index in [1.807, 2.05) is 7.05 Å². The van der Waals surface area contributed by atoms with Crippen molar-refractivity contribution in [2.24, 2.45) is 5.92 Å². The van der Waals surface area contributed by atoms with Crippen molar-refractivity contribution in [3.05, 3.63) is 0 Å². The van der Waals surface area contributed by atoms with E-state index in [9.17, 15) is 4.79 Å². The van der Waals surface area contributed by atoms with Gasteiger partial charge >= 0.3 is 0 Å². The number of nitrogens with one attached hydrogen (secondary N) is 2. The van der Waals surface area contributed by atoms with Crippen LogP contribution >= 0.6 is 0 Å². The van der Waals surface area contributed by atoms with Gasteiger partial charge in [0.1, 0.15) is 0 Å². The average Bonchev–Trinajstić information content (AvgIpc) is 3.05.